The Labute approximate surface area is 201 Å². The number of pyridine rings is 2. The average molecular weight is 458 g/mol. The number of rotatable bonds is 5. The van der Waals surface area contributed by atoms with Crippen LogP contribution in [-0.2, 0) is 0 Å². The molecule has 0 radical (unpaired) electrons. The van der Waals surface area contributed by atoms with Crippen LogP contribution in [0, 0.1) is 19.8 Å². The topological polar surface area (TPSA) is 44.3 Å². The number of nitrogens with zero attached hydrogens (tertiary/aromatic N) is 7. The Bertz CT molecular complexity index is 1270. The van der Waals surface area contributed by atoms with Gasteiger partial charge in [-0.05, 0) is 69.3 Å². The van der Waals surface area contributed by atoms with Gasteiger partial charge in [0.1, 0.15) is 5.65 Å². The minimum absolute atomic E-state index is 0.841. The molecule has 0 bridgehead atoms. The highest BCUT2D eigenvalue weighted by Gasteiger charge is 2.24. The normalized spacial score (nSPS) is 18.4. The lowest BCUT2D eigenvalue weighted by molar-refractivity contribution is 0.228. The number of anilines is 2. The Kier molecular flexibility index (Phi) is 5.65. The number of hydrogen-bond acceptors (Lipinski definition) is 5. The van der Waals surface area contributed by atoms with Crippen LogP contribution >= 0.6 is 0 Å². The minimum atomic E-state index is 0.841. The van der Waals surface area contributed by atoms with E-state index in [1.165, 1.54) is 48.4 Å². The van der Waals surface area contributed by atoms with E-state index in [0.717, 1.165) is 56.5 Å². The van der Waals surface area contributed by atoms with Crippen LogP contribution in [-0.4, -0.2) is 69.5 Å². The van der Waals surface area contributed by atoms with Crippen molar-refractivity contribution < 1.29 is 0 Å². The fraction of sp³-hybridized carbons (Fsp3) is 0.481. The van der Waals surface area contributed by atoms with Gasteiger partial charge >= 0.3 is 0 Å². The summed E-state index contributed by atoms with van der Waals surface area (Å²) in [5.74, 6) is 0.841. The van der Waals surface area contributed by atoms with Gasteiger partial charge in [0.15, 0.2) is 5.65 Å². The number of piperazine rings is 1. The first-order valence-electron chi connectivity index (χ1n) is 12.7. The summed E-state index contributed by atoms with van der Waals surface area (Å²) in [6.45, 7) is 12.3. The van der Waals surface area contributed by atoms with E-state index < -0.39 is 0 Å². The smallest absolute Gasteiger partial charge is 0.160 e. The molecular weight excluding hydrogens is 422 g/mol. The molecule has 4 aromatic rings. The van der Waals surface area contributed by atoms with Crippen LogP contribution in [0.1, 0.15) is 30.5 Å². The molecule has 7 heteroatoms. The quantitative estimate of drug-likeness (QED) is 0.453. The summed E-state index contributed by atoms with van der Waals surface area (Å²) in [5, 5.41) is 0. The molecule has 4 aromatic heterocycles. The SMILES string of the molecule is Cc1cc2nccn2cc1N1CCC(CCN2CCN(c3cccn4c(C)cnc34)CC2)CC1. The first-order valence-corrected chi connectivity index (χ1v) is 12.7. The summed E-state index contributed by atoms with van der Waals surface area (Å²) in [4.78, 5) is 16.8. The maximum atomic E-state index is 4.65. The third-order valence-electron chi connectivity index (χ3n) is 7.93. The Morgan fingerprint density at radius 1 is 0.912 bits per heavy atom. The number of aromatic nitrogens is 4. The molecule has 0 atom stereocenters. The van der Waals surface area contributed by atoms with Crippen LogP contribution in [0.3, 0.4) is 0 Å². The third-order valence-corrected chi connectivity index (χ3v) is 7.93. The van der Waals surface area contributed by atoms with Gasteiger partial charge in [-0.15, -0.1) is 0 Å². The molecule has 0 N–H and O–H groups in total. The molecule has 2 saturated heterocycles. The average Bonchev–Trinajstić information content (AvgIpc) is 3.49. The zero-order chi connectivity index (χ0) is 23.1. The molecule has 178 valence electrons. The van der Waals surface area contributed by atoms with Crippen molar-refractivity contribution in [1.29, 1.82) is 0 Å². The maximum absolute atomic E-state index is 4.65. The zero-order valence-corrected chi connectivity index (χ0v) is 20.4. The van der Waals surface area contributed by atoms with Crippen molar-refractivity contribution >= 4 is 22.7 Å². The first-order chi connectivity index (χ1) is 16.7. The molecule has 0 amide bonds. The van der Waals surface area contributed by atoms with Crippen LogP contribution in [0.4, 0.5) is 11.4 Å². The predicted octanol–water partition coefficient (Wildman–Crippen LogP) is 4.03. The maximum Gasteiger partial charge on any atom is 0.160 e. The number of hydrogen-bond donors (Lipinski definition) is 0. The fourth-order valence-corrected chi connectivity index (χ4v) is 5.78. The van der Waals surface area contributed by atoms with Crippen molar-refractivity contribution in [3.63, 3.8) is 0 Å². The van der Waals surface area contributed by atoms with Crippen molar-refractivity contribution in [1.82, 2.24) is 23.7 Å². The van der Waals surface area contributed by atoms with Crippen LogP contribution in [0.15, 0.2) is 49.2 Å². The minimum Gasteiger partial charge on any atom is -0.370 e. The monoisotopic (exact) mass is 457 g/mol. The van der Waals surface area contributed by atoms with Gasteiger partial charge in [-0.1, -0.05) is 0 Å². The van der Waals surface area contributed by atoms with Gasteiger partial charge in [0.25, 0.3) is 0 Å². The summed E-state index contributed by atoms with van der Waals surface area (Å²) in [6.07, 6.45) is 14.2. The molecule has 0 saturated carbocycles. The molecule has 6 heterocycles. The molecule has 7 nitrogen and oxygen atoms in total. The standard InChI is InChI=1S/C27H35N7/c1-21-18-26-28-8-13-33(26)20-25(21)31-11-6-23(7-12-31)5-10-30-14-16-32(17-15-30)24-4-3-9-34-22(2)19-29-27(24)34/h3-4,8-9,13,18-20,23H,5-7,10-12,14-17H2,1-2H3. The molecule has 0 unspecified atom stereocenters. The first kappa shape index (κ1) is 21.5. The van der Waals surface area contributed by atoms with Crippen molar-refractivity contribution in [2.75, 3.05) is 55.6 Å². The van der Waals surface area contributed by atoms with E-state index in [-0.39, 0.29) is 0 Å². The molecule has 34 heavy (non-hydrogen) atoms. The third kappa shape index (κ3) is 4.02. The predicted molar refractivity (Wildman–Crippen MR) is 138 cm³/mol. The largest absolute Gasteiger partial charge is 0.370 e. The van der Waals surface area contributed by atoms with E-state index in [1.807, 2.05) is 18.6 Å². The Morgan fingerprint density at radius 3 is 2.53 bits per heavy atom. The molecule has 2 aliphatic heterocycles. The van der Waals surface area contributed by atoms with E-state index >= 15 is 0 Å². The van der Waals surface area contributed by atoms with E-state index in [9.17, 15) is 0 Å². The van der Waals surface area contributed by atoms with Crippen molar-refractivity contribution in [2.45, 2.75) is 33.1 Å². The van der Waals surface area contributed by atoms with E-state index in [0.29, 0.717) is 0 Å². The highest BCUT2D eigenvalue weighted by atomic mass is 15.3. The summed E-state index contributed by atoms with van der Waals surface area (Å²) < 4.78 is 4.34. The van der Waals surface area contributed by atoms with Crippen molar-refractivity contribution in [3.05, 3.63) is 60.4 Å². The number of aryl methyl sites for hydroxylation is 2. The number of fused-ring (bicyclic) bond motifs is 2. The molecule has 2 fully saturated rings. The summed E-state index contributed by atoms with van der Waals surface area (Å²) in [6, 6.07) is 6.57. The Hall–Kier alpha value is -3.06. The Morgan fingerprint density at radius 2 is 1.71 bits per heavy atom. The molecular formula is C27H35N7. The number of piperidine rings is 1. The molecule has 0 aliphatic carbocycles. The van der Waals surface area contributed by atoms with Gasteiger partial charge in [-0.2, -0.15) is 0 Å². The van der Waals surface area contributed by atoms with Gasteiger partial charge in [0, 0.05) is 75.9 Å². The fourth-order valence-electron chi connectivity index (χ4n) is 5.78. The highest BCUT2D eigenvalue weighted by molar-refractivity contribution is 5.69. The highest BCUT2D eigenvalue weighted by Crippen LogP contribution is 2.29. The van der Waals surface area contributed by atoms with Gasteiger partial charge in [-0.25, -0.2) is 9.97 Å². The van der Waals surface area contributed by atoms with Gasteiger partial charge in [-0.3, -0.25) is 4.90 Å². The van der Waals surface area contributed by atoms with Crippen LogP contribution in [0.25, 0.3) is 11.3 Å². The second-order valence-electron chi connectivity index (χ2n) is 10.1. The van der Waals surface area contributed by atoms with E-state index in [2.05, 4.69) is 77.9 Å². The molecule has 2 aliphatic rings. The second-order valence-corrected chi connectivity index (χ2v) is 10.1. The van der Waals surface area contributed by atoms with Gasteiger partial charge < -0.3 is 18.6 Å². The van der Waals surface area contributed by atoms with Crippen LogP contribution in [0.5, 0.6) is 0 Å². The van der Waals surface area contributed by atoms with E-state index in [4.69, 9.17) is 0 Å². The molecule has 0 aromatic carbocycles. The summed E-state index contributed by atoms with van der Waals surface area (Å²) in [5.41, 5.74) is 7.28. The van der Waals surface area contributed by atoms with Gasteiger partial charge in [0.05, 0.1) is 11.4 Å². The number of imidazole rings is 2. The zero-order valence-electron chi connectivity index (χ0n) is 20.4. The van der Waals surface area contributed by atoms with Crippen molar-refractivity contribution in [3.8, 4) is 0 Å². The molecule has 6 rings (SSSR count). The van der Waals surface area contributed by atoms with Crippen molar-refractivity contribution in [2.24, 2.45) is 5.92 Å². The lowest BCUT2D eigenvalue weighted by Crippen LogP contribution is -2.47. The molecule has 0 spiro atoms. The summed E-state index contributed by atoms with van der Waals surface area (Å²) in [7, 11) is 0. The van der Waals surface area contributed by atoms with Gasteiger partial charge in [0.2, 0.25) is 0 Å². The van der Waals surface area contributed by atoms with Crippen LogP contribution in [0.2, 0.25) is 0 Å². The Balaban J connectivity index is 0.993. The lowest BCUT2D eigenvalue weighted by Gasteiger charge is -2.38. The second kappa shape index (κ2) is 8.95. The summed E-state index contributed by atoms with van der Waals surface area (Å²) >= 11 is 0. The lowest BCUT2D eigenvalue weighted by atomic mass is 9.92. The van der Waals surface area contributed by atoms with Crippen LogP contribution < -0.4 is 9.80 Å². The van der Waals surface area contributed by atoms with E-state index in [1.54, 1.807) is 0 Å².